The molecule has 2 aromatic heterocycles. The molecule has 0 spiro atoms. The van der Waals surface area contributed by atoms with Gasteiger partial charge in [-0.3, -0.25) is 4.79 Å². The van der Waals surface area contributed by atoms with Crippen LogP contribution in [0.1, 0.15) is 41.0 Å². The molecule has 1 aliphatic rings. The van der Waals surface area contributed by atoms with Crippen LogP contribution in [-0.4, -0.2) is 47.7 Å². The van der Waals surface area contributed by atoms with Crippen molar-refractivity contribution in [1.82, 2.24) is 14.8 Å². The first-order valence-electron chi connectivity index (χ1n) is 11.9. The van der Waals surface area contributed by atoms with Crippen molar-refractivity contribution in [3.63, 3.8) is 0 Å². The Labute approximate surface area is 210 Å². The highest BCUT2D eigenvalue weighted by Gasteiger charge is 2.32. The van der Waals surface area contributed by atoms with Crippen molar-refractivity contribution in [1.29, 1.82) is 0 Å². The Balaban J connectivity index is 1.67. The summed E-state index contributed by atoms with van der Waals surface area (Å²) in [6.45, 7) is 3.87. The van der Waals surface area contributed by atoms with E-state index < -0.39 is 9.84 Å². The summed E-state index contributed by atoms with van der Waals surface area (Å²) in [7, 11) is -1.53. The minimum absolute atomic E-state index is 0.0169. The number of hydrogen-bond donors (Lipinski definition) is 1. The summed E-state index contributed by atoms with van der Waals surface area (Å²) in [5.41, 5.74) is 4.80. The van der Waals surface area contributed by atoms with E-state index in [1.807, 2.05) is 62.4 Å². The van der Waals surface area contributed by atoms with Gasteiger partial charge in [-0.25, -0.2) is 18.1 Å². The average molecular weight is 505 g/mol. The van der Waals surface area contributed by atoms with Crippen molar-refractivity contribution in [2.45, 2.75) is 32.7 Å². The van der Waals surface area contributed by atoms with Gasteiger partial charge in [0.15, 0.2) is 15.5 Å². The number of rotatable bonds is 6. The van der Waals surface area contributed by atoms with E-state index in [0.29, 0.717) is 40.2 Å². The molecule has 3 heterocycles. The minimum Gasteiger partial charge on any atom is -0.497 e. The molecule has 8 nitrogen and oxygen atoms in total. The Hall–Kier alpha value is -3.72. The van der Waals surface area contributed by atoms with Gasteiger partial charge in [0.1, 0.15) is 5.75 Å². The normalized spacial score (nSPS) is 16.8. The van der Waals surface area contributed by atoms with Gasteiger partial charge in [0.25, 0.3) is 5.91 Å². The molecule has 0 radical (unpaired) electrons. The van der Waals surface area contributed by atoms with E-state index in [4.69, 9.17) is 9.72 Å². The second-order valence-corrected chi connectivity index (χ2v) is 11.3. The molecule has 0 bridgehead atoms. The molecule has 1 fully saturated rings. The number of carbonyl (C=O) groups is 1. The van der Waals surface area contributed by atoms with Gasteiger partial charge in [0.2, 0.25) is 0 Å². The second kappa shape index (κ2) is 9.39. The zero-order valence-electron chi connectivity index (χ0n) is 20.5. The number of nitrogens with one attached hydrogen (secondary N) is 1. The third-order valence-corrected chi connectivity index (χ3v) is 8.42. The van der Waals surface area contributed by atoms with Crippen LogP contribution >= 0.6 is 0 Å². The summed E-state index contributed by atoms with van der Waals surface area (Å²) in [6.07, 6.45) is 1.25. The zero-order valence-corrected chi connectivity index (χ0v) is 21.3. The van der Waals surface area contributed by atoms with E-state index in [1.54, 1.807) is 17.9 Å². The van der Waals surface area contributed by atoms with Gasteiger partial charge in [-0.15, -0.1) is 0 Å². The van der Waals surface area contributed by atoms with Crippen molar-refractivity contribution >= 4 is 32.5 Å². The quantitative estimate of drug-likeness (QED) is 0.412. The fourth-order valence-electron chi connectivity index (χ4n) is 4.76. The number of methoxy groups -OCH3 is 1. The molecule has 1 saturated heterocycles. The van der Waals surface area contributed by atoms with Gasteiger partial charge in [-0.05, 0) is 61.7 Å². The highest BCUT2D eigenvalue weighted by atomic mass is 32.2. The number of fused-ring (bicyclic) bond motifs is 1. The number of para-hydroxylation sites is 1. The average Bonchev–Trinajstić information content (AvgIpc) is 3.42. The summed E-state index contributed by atoms with van der Waals surface area (Å²) < 4.78 is 31.4. The number of sulfone groups is 1. The summed E-state index contributed by atoms with van der Waals surface area (Å²) in [5, 5.41) is 8.37. The molecule has 2 aromatic carbocycles. The van der Waals surface area contributed by atoms with E-state index >= 15 is 0 Å². The van der Waals surface area contributed by atoms with Crippen LogP contribution in [0.4, 0.5) is 5.69 Å². The van der Waals surface area contributed by atoms with Crippen LogP contribution in [0.25, 0.3) is 22.3 Å². The number of pyridine rings is 1. The van der Waals surface area contributed by atoms with Crippen molar-refractivity contribution < 1.29 is 17.9 Å². The summed E-state index contributed by atoms with van der Waals surface area (Å²) >= 11 is 0. The smallest absolute Gasteiger partial charge is 0.256 e. The summed E-state index contributed by atoms with van der Waals surface area (Å²) in [6, 6.07) is 16.6. The molecule has 0 aliphatic carbocycles. The number of aromatic nitrogens is 3. The van der Waals surface area contributed by atoms with Gasteiger partial charge < -0.3 is 10.1 Å². The van der Waals surface area contributed by atoms with Crippen LogP contribution in [0, 0.1) is 6.92 Å². The lowest BCUT2D eigenvalue weighted by molar-refractivity contribution is 0.102. The monoisotopic (exact) mass is 504 g/mol. The van der Waals surface area contributed by atoms with E-state index in [9.17, 15) is 13.2 Å². The number of carbonyl (C=O) groups excluding carboxylic acids is 1. The maximum Gasteiger partial charge on any atom is 0.256 e. The SMILES string of the molecule is CCc1ccccc1NC(=O)c1cc(-c2ccc(OC)cc2)nc2c1c(C)nn2C1CCS(=O)(=O)C1. The van der Waals surface area contributed by atoms with Gasteiger partial charge >= 0.3 is 0 Å². The number of anilines is 1. The minimum atomic E-state index is -3.13. The lowest BCUT2D eigenvalue weighted by Gasteiger charge is -2.13. The molecule has 5 rings (SSSR count). The van der Waals surface area contributed by atoms with Crippen LogP contribution in [0.3, 0.4) is 0 Å². The topological polar surface area (TPSA) is 103 Å². The molecule has 9 heteroatoms. The Morgan fingerprint density at radius 2 is 1.92 bits per heavy atom. The number of hydrogen-bond acceptors (Lipinski definition) is 6. The number of amides is 1. The molecular weight excluding hydrogens is 476 g/mol. The molecule has 4 aromatic rings. The molecule has 0 saturated carbocycles. The third kappa shape index (κ3) is 4.46. The van der Waals surface area contributed by atoms with Crippen LogP contribution < -0.4 is 10.1 Å². The number of aryl methyl sites for hydroxylation is 2. The standard InChI is InChI=1S/C27H28N4O4S/c1-4-18-7-5-6-8-23(18)29-27(32)22-15-24(19-9-11-21(35-3)12-10-19)28-26-25(22)17(2)30-31(26)20-13-14-36(33,34)16-20/h5-12,15,20H,4,13-14,16H2,1-3H3,(H,29,32). The molecular formula is C27H28N4O4S. The van der Waals surface area contributed by atoms with Gasteiger partial charge in [0, 0.05) is 11.3 Å². The molecule has 1 atom stereocenters. The number of ether oxygens (including phenoxy) is 1. The number of nitrogens with zero attached hydrogens (tertiary/aromatic N) is 3. The van der Waals surface area contributed by atoms with Crippen molar-refractivity contribution in [3.05, 3.63) is 71.4 Å². The van der Waals surface area contributed by atoms with Crippen molar-refractivity contribution in [3.8, 4) is 17.0 Å². The lowest BCUT2D eigenvalue weighted by Crippen LogP contribution is -2.15. The fourth-order valence-corrected chi connectivity index (χ4v) is 6.46. The number of benzene rings is 2. The first-order valence-corrected chi connectivity index (χ1v) is 13.8. The fraction of sp³-hybridized carbons (Fsp3) is 0.296. The predicted octanol–water partition coefficient (Wildman–Crippen LogP) is 4.59. The van der Waals surface area contributed by atoms with E-state index in [-0.39, 0.29) is 23.5 Å². The first kappa shape index (κ1) is 24.0. The van der Waals surface area contributed by atoms with Crippen LogP contribution in [0.15, 0.2) is 54.6 Å². The molecule has 1 unspecified atom stereocenters. The van der Waals surface area contributed by atoms with Gasteiger partial charge in [-0.1, -0.05) is 25.1 Å². The molecule has 186 valence electrons. The maximum atomic E-state index is 13.7. The summed E-state index contributed by atoms with van der Waals surface area (Å²) in [5.74, 6) is 0.589. The summed E-state index contributed by atoms with van der Waals surface area (Å²) in [4.78, 5) is 18.6. The molecule has 36 heavy (non-hydrogen) atoms. The molecule has 1 aliphatic heterocycles. The van der Waals surface area contributed by atoms with Gasteiger partial charge in [-0.2, -0.15) is 5.10 Å². The second-order valence-electron chi connectivity index (χ2n) is 9.03. The Kier molecular flexibility index (Phi) is 6.26. The predicted molar refractivity (Wildman–Crippen MR) is 140 cm³/mol. The largest absolute Gasteiger partial charge is 0.497 e. The van der Waals surface area contributed by atoms with Crippen molar-refractivity contribution in [2.24, 2.45) is 0 Å². The van der Waals surface area contributed by atoms with E-state index in [1.165, 1.54) is 0 Å². The Bertz CT molecular complexity index is 1560. The van der Waals surface area contributed by atoms with E-state index in [0.717, 1.165) is 23.2 Å². The Morgan fingerprint density at radius 3 is 2.58 bits per heavy atom. The maximum absolute atomic E-state index is 13.7. The van der Waals surface area contributed by atoms with Crippen LogP contribution in [0.2, 0.25) is 0 Å². The van der Waals surface area contributed by atoms with Crippen LogP contribution in [0.5, 0.6) is 5.75 Å². The highest BCUT2D eigenvalue weighted by Crippen LogP contribution is 2.33. The highest BCUT2D eigenvalue weighted by molar-refractivity contribution is 7.91. The van der Waals surface area contributed by atoms with Gasteiger partial charge in [0.05, 0.1) is 47.0 Å². The first-order chi connectivity index (χ1) is 17.3. The lowest BCUT2D eigenvalue weighted by atomic mass is 10.0. The van der Waals surface area contributed by atoms with E-state index in [2.05, 4.69) is 10.4 Å². The van der Waals surface area contributed by atoms with Crippen molar-refractivity contribution in [2.75, 3.05) is 23.9 Å². The molecule has 1 amide bonds. The molecule has 1 N–H and O–H groups in total. The zero-order chi connectivity index (χ0) is 25.4. The Morgan fingerprint density at radius 1 is 1.17 bits per heavy atom. The van der Waals surface area contributed by atoms with Crippen LogP contribution in [-0.2, 0) is 16.3 Å². The third-order valence-electron chi connectivity index (χ3n) is 6.67.